The lowest BCUT2D eigenvalue weighted by molar-refractivity contribution is 0.410. The van der Waals surface area contributed by atoms with Crippen LogP contribution in [0.5, 0.6) is 0 Å². The van der Waals surface area contributed by atoms with Gasteiger partial charge in [0.2, 0.25) is 5.95 Å². The lowest BCUT2D eigenvalue weighted by Gasteiger charge is -2.24. The van der Waals surface area contributed by atoms with Crippen molar-refractivity contribution in [3.8, 4) is 0 Å². The Hall–Kier alpha value is -0.480. The summed E-state index contributed by atoms with van der Waals surface area (Å²) in [7, 11) is 1.79. The van der Waals surface area contributed by atoms with E-state index in [0.717, 1.165) is 4.47 Å². The van der Waals surface area contributed by atoms with E-state index in [4.69, 9.17) is 0 Å². The zero-order valence-electron chi connectivity index (χ0n) is 7.86. The number of hydrogen-bond donors (Lipinski definition) is 1. The van der Waals surface area contributed by atoms with E-state index in [1.165, 1.54) is 6.20 Å². The standard InChI is InChI=1S/C9H12BrFN2/c1-9(2,12-3)7-4-6(10)5-13-8(7)11/h4-5,12H,1-3H3. The number of nitrogens with zero attached hydrogens (tertiary/aromatic N) is 1. The zero-order chi connectivity index (χ0) is 10.1. The summed E-state index contributed by atoms with van der Waals surface area (Å²) < 4.78 is 14.1. The SMILES string of the molecule is CNC(C)(C)c1cc(Br)cnc1F. The second kappa shape index (κ2) is 3.72. The van der Waals surface area contributed by atoms with Gasteiger partial charge < -0.3 is 5.32 Å². The molecule has 13 heavy (non-hydrogen) atoms. The van der Waals surface area contributed by atoms with Gasteiger partial charge in [-0.05, 0) is 42.9 Å². The fourth-order valence-corrected chi connectivity index (χ4v) is 1.33. The highest BCUT2D eigenvalue weighted by atomic mass is 79.9. The normalized spacial score (nSPS) is 11.8. The van der Waals surface area contributed by atoms with Crippen LogP contribution in [0.4, 0.5) is 4.39 Å². The molecule has 1 aromatic heterocycles. The molecular weight excluding hydrogens is 235 g/mol. The third-order valence-electron chi connectivity index (χ3n) is 2.10. The van der Waals surface area contributed by atoms with E-state index in [0.29, 0.717) is 5.56 Å². The molecule has 0 amide bonds. The van der Waals surface area contributed by atoms with E-state index in [-0.39, 0.29) is 0 Å². The highest BCUT2D eigenvalue weighted by molar-refractivity contribution is 9.10. The maximum absolute atomic E-state index is 13.3. The van der Waals surface area contributed by atoms with E-state index in [9.17, 15) is 4.39 Å². The molecule has 0 bridgehead atoms. The molecule has 1 N–H and O–H groups in total. The highest BCUT2D eigenvalue weighted by Crippen LogP contribution is 2.24. The van der Waals surface area contributed by atoms with Crippen LogP contribution in [0.2, 0.25) is 0 Å². The minimum absolute atomic E-state index is 0.402. The molecule has 1 rings (SSSR count). The molecular formula is C9H12BrFN2. The van der Waals surface area contributed by atoms with E-state index < -0.39 is 11.5 Å². The predicted octanol–water partition coefficient (Wildman–Crippen LogP) is 2.44. The number of rotatable bonds is 2. The molecule has 0 aromatic carbocycles. The third kappa shape index (κ3) is 2.25. The topological polar surface area (TPSA) is 24.9 Å². The van der Waals surface area contributed by atoms with E-state index >= 15 is 0 Å². The number of aromatic nitrogens is 1. The summed E-state index contributed by atoms with van der Waals surface area (Å²) in [5.41, 5.74) is 0.158. The van der Waals surface area contributed by atoms with Crippen molar-refractivity contribution in [3.63, 3.8) is 0 Å². The lowest BCUT2D eigenvalue weighted by atomic mass is 9.96. The van der Waals surface area contributed by atoms with Crippen molar-refractivity contribution in [1.82, 2.24) is 10.3 Å². The summed E-state index contributed by atoms with van der Waals surface area (Å²) >= 11 is 3.26. The Morgan fingerprint density at radius 3 is 2.69 bits per heavy atom. The summed E-state index contributed by atoms with van der Waals surface area (Å²) in [6, 6.07) is 1.73. The molecule has 0 saturated heterocycles. The molecule has 0 saturated carbocycles. The molecule has 1 aromatic rings. The van der Waals surface area contributed by atoms with E-state index in [1.807, 2.05) is 13.8 Å². The van der Waals surface area contributed by atoms with Gasteiger partial charge in [0.1, 0.15) is 0 Å². The number of hydrogen-bond acceptors (Lipinski definition) is 2. The molecule has 2 nitrogen and oxygen atoms in total. The average Bonchev–Trinajstić information content (AvgIpc) is 2.09. The van der Waals surface area contributed by atoms with Crippen molar-refractivity contribution in [2.45, 2.75) is 19.4 Å². The number of halogens is 2. The highest BCUT2D eigenvalue weighted by Gasteiger charge is 2.22. The Morgan fingerprint density at radius 2 is 2.15 bits per heavy atom. The molecule has 0 aliphatic carbocycles. The van der Waals surface area contributed by atoms with Gasteiger partial charge >= 0.3 is 0 Å². The first-order chi connectivity index (χ1) is 5.97. The lowest BCUT2D eigenvalue weighted by Crippen LogP contribution is -2.34. The molecule has 72 valence electrons. The summed E-state index contributed by atoms with van der Waals surface area (Å²) in [6.45, 7) is 3.80. The van der Waals surface area contributed by atoms with E-state index in [1.54, 1.807) is 13.1 Å². The molecule has 0 unspecified atom stereocenters. The molecule has 0 atom stereocenters. The first kappa shape index (κ1) is 10.6. The molecule has 0 spiro atoms. The predicted molar refractivity (Wildman–Crippen MR) is 54.0 cm³/mol. The Morgan fingerprint density at radius 1 is 1.54 bits per heavy atom. The van der Waals surface area contributed by atoms with Gasteiger partial charge in [0, 0.05) is 21.8 Å². The maximum Gasteiger partial charge on any atom is 0.217 e. The van der Waals surface area contributed by atoms with Crippen molar-refractivity contribution in [2.24, 2.45) is 0 Å². The minimum Gasteiger partial charge on any atom is -0.311 e. The van der Waals surface area contributed by atoms with Crippen LogP contribution in [0, 0.1) is 5.95 Å². The fourth-order valence-electron chi connectivity index (χ4n) is 0.996. The third-order valence-corrected chi connectivity index (χ3v) is 2.54. The van der Waals surface area contributed by atoms with Gasteiger partial charge in [-0.1, -0.05) is 0 Å². The van der Waals surface area contributed by atoms with Crippen LogP contribution >= 0.6 is 15.9 Å². The number of nitrogens with one attached hydrogen (secondary N) is 1. The molecule has 4 heteroatoms. The van der Waals surface area contributed by atoms with Crippen molar-refractivity contribution >= 4 is 15.9 Å². The molecule has 1 heterocycles. The number of pyridine rings is 1. The van der Waals surface area contributed by atoms with Gasteiger partial charge in [0.05, 0.1) is 0 Å². The van der Waals surface area contributed by atoms with Crippen LogP contribution in [-0.2, 0) is 5.54 Å². The fraction of sp³-hybridized carbons (Fsp3) is 0.444. The van der Waals surface area contributed by atoms with Gasteiger partial charge in [0.25, 0.3) is 0 Å². The van der Waals surface area contributed by atoms with E-state index in [2.05, 4.69) is 26.2 Å². The average molecular weight is 247 g/mol. The minimum atomic E-state index is -0.428. The van der Waals surface area contributed by atoms with Gasteiger partial charge in [-0.2, -0.15) is 4.39 Å². The first-order valence-electron chi connectivity index (χ1n) is 3.98. The summed E-state index contributed by atoms with van der Waals surface area (Å²) in [5.74, 6) is -0.428. The van der Waals surface area contributed by atoms with Gasteiger partial charge in [-0.15, -0.1) is 0 Å². The van der Waals surface area contributed by atoms with Gasteiger partial charge in [0.15, 0.2) is 0 Å². The van der Waals surface area contributed by atoms with Crippen molar-refractivity contribution in [1.29, 1.82) is 0 Å². The molecule has 0 radical (unpaired) electrons. The molecule has 0 aliphatic rings. The van der Waals surface area contributed by atoms with Crippen LogP contribution < -0.4 is 5.32 Å². The summed E-state index contributed by atoms with van der Waals surface area (Å²) in [5, 5.41) is 3.02. The van der Waals surface area contributed by atoms with Crippen molar-refractivity contribution in [3.05, 3.63) is 28.2 Å². The Bertz CT molecular complexity index is 312. The summed E-state index contributed by atoms with van der Waals surface area (Å²) in [6.07, 6.45) is 1.45. The zero-order valence-corrected chi connectivity index (χ0v) is 9.44. The largest absolute Gasteiger partial charge is 0.311 e. The van der Waals surface area contributed by atoms with Crippen LogP contribution in [0.3, 0.4) is 0 Å². The van der Waals surface area contributed by atoms with Gasteiger partial charge in [-0.3, -0.25) is 0 Å². The van der Waals surface area contributed by atoms with Crippen LogP contribution in [0.15, 0.2) is 16.7 Å². The maximum atomic E-state index is 13.3. The Balaban J connectivity index is 3.20. The smallest absolute Gasteiger partial charge is 0.217 e. The van der Waals surface area contributed by atoms with Crippen LogP contribution in [0.25, 0.3) is 0 Å². The monoisotopic (exact) mass is 246 g/mol. The first-order valence-corrected chi connectivity index (χ1v) is 4.77. The molecule has 0 fully saturated rings. The Kier molecular flexibility index (Phi) is 3.03. The quantitative estimate of drug-likeness (QED) is 0.812. The van der Waals surface area contributed by atoms with Crippen molar-refractivity contribution < 1.29 is 4.39 Å². The second-order valence-electron chi connectivity index (χ2n) is 3.37. The Labute approximate surface area is 85.7 Å². The second-order valence-corrected chi connectivity index (χ2v) is 4.28. The molecule has 0 aliphatic heterocycles. The summed E-state index contributed by atoms with van der Waals surface area (Å²) in [4.78, 5) is 3.64. The van der Waals surface area contributed by atoms with Gasteiger partial charge in [-0.25, -0.2) is 4.98 Å². The van der Waals surface area contributed by atoms with Crippen molar-refractivity contribution in [2.75, 3.05) is 7.05 Å². The van der Waals surface area contributed by atoms with Crippen LogP contribution in [0.1, 0.15) is 19.4 Å². The van der Waals surface area contributed by atoms with Crippen LogP contribution in [-0.4, -0.2) is 12.0 Å².